The maximum absolute atomic E-state index is 5.92. The predicted molar refractivity (Wildman–Crippen MR) is 77.4 cm³/mol. The molecule has 0 unspecified atom stereocenters. The standard InChI is InChI=1S/C13H15ClN4/c1-16-13(15)18(9-7-14)11-6-2-4-10-5-3-8-17-12(10)11/h2-6,8H,7,9H2,1H3,(H2,15,16). The van der Waals surface area contributed by atoms with Gasteiger partial charge in [0.25, 0.3) is 0 Å². The second kappa shape index (κ2) is 5.69. The maximum atomic E-state index is 5.92. The Labute approximate surface area is 111 Å². The molecule has 1 aromatic carbocycles. The van der Waals surface area contributed by atoms with Gasteiger partial charge in [-0.05, 0) is 12.1 Å². The Kier molecular flexibility index (Phi) is 3.99. The number of hydrogen-bond donors (Lipinski definition) is 1. The third-order valence-electron chi connectivity index (χ3n) is 2.72. The lowest BCUT2D eigenvalue weighted by Crippen LogP contribution is -2.38. The number of para-hydroxylation sites is 1. The highest BCUT2D eigenvalue weighted by molar-refractivity contribution is 6.18. The molecule has 2 aromatic rings. The van der Waals surface area contributed by atoms with E-state index in [0.717, 1.165) is 16.6 Å². The lowest BCUT2D eigenvalue weighted by Gasteiger charge is -2.23. The van der Waals surface area contributed by atoms with E-state index < -0.39 is 0 Å². The van der Waals surface area contributed by atoms with Crippen LogP contribution in [-0.4, -0.2) is 30.4 Å². The topological polar surface area (TPSA) is 54.5 Å². The highest BCUT2D eigenvalue weighted by Gasteiger charge is 2.13. The average Bonchev–Trinajstić information content (AvgIpc) is 2.43. The smallest absolute Gasteiger partial charge is 0.195 e. The summed E-state index contributed by atoms with van der Waals surface area (Å²) in [6.45, 7) is 0.598. The van der Waals surface area contributed by atoms with E-state index in [-0.39, 0.29) is 0 Å². The number of benzene rings is 1. The van der Waals surface area contributed by atoms with E-state index in [1.165, 1.54) is 0 Å². The second-order valence-corrected chi connectivity index (χ2v) is 4.15. The first kappa shape index (κ1) is 12.6. The zero-order valence-electron chi connectivity index (χ0n) is 10.2. The largest absolute Gasteiger partial charge is 0.370 e. The van der Waals surface area contributed by atoms with Crippen molar-refractivity contribution in [3.63, 3.8) is 0 Å². The minimum absolute atomic E-state index is 0.439. The second-order valence-electron chi connectivity index (χ2n) is 3.77. The van der Waals surface area contributed by atoms with Crippen LogP contribution >= 0.6 is 11.6 Å². The van der Waals surface area contributed by atoms with Crippen molar-refractivity contribution in [3.05, 3.63) is 36.5 Å². The lowest BCUT2D eigenvalue weighted by molar-refractivity contribution is 1.04. The molecule has 0 atom stereocenters. The van der Waals surface area contributed by atoms with Crippen molar-refractivity contribution in [3.8, 4) is 0 Å². The van der Waals surface area contributed by atoms with E-state index >= 15 is 0 Å². The van der Waals surface area contributed by atoms with Crippen LogP contribution in [0.2, 0.25) is 0 Å². The van der Waals surface area contributed by atoms with Crippen LogP contribution in [0.5, 0.6) is 0 Å². The molecule has 0 aliphatic rings. The van der Waals surface area contributed by atoms with E-state index in [9.17, 15) is 0 Å². The van der Waals surface area contributed by atoms with Gasteiger partial charge in [-0.2, -0.15) is 0 Å². The highest BCUT2D eigenvalue weighted by Crippen LogP contribution is 2.24. The molecule has 2 rings (SSSR count). The fourth-order valence-corrected chi connectivity index (χ4v) is 2.04. The van der Waals surface area contributed by atoms with Crippen LogP contribution in [0.4, 0.5) is 5.69 Å². The summed E-state index contributed by atoms with van der Waals surface area (Å²) in [5.74, 6) is 0.910. The van der Waals surface area contributed by atoms with Crippen molar-refractivity contribution in [2.75, 3.05) is 24.4 Å². The van der Waals surface area contributed by atoms with Crippen molar-refractivity contribution in [2.24, 2.45) is 10.7 Å². The van der Waals surface area contributed by atoms with Crippen LogP contribution in [0.25, 0.3) is 10.9 Å². The molecule has 5 heteroatoms. The first-order valence-corrected chi connectivity index (χ1v) is 6.21. The fourth-order valence-electron chi connectivity index (χ4n) is 1.87. The molecular formula is C13H15ClN4. The predicted octanol–water partition coefficient (Wildman–Crippen LogP) is 2.22. The third-order valence-corrected chi connectivity index (χ3v) is 2.89. The van der Waals surface area contributed by atoms with Gasteiger partial charge in [0.15, 0.2) is 5.96 Å². The summed E-state index contributed by atoms with van der Waals surface area (Å²) in [5, 5.41) is 1.07. The summed E-state index contributed by atoms with van der Waals surface area (Å²) >= 11 is 5.83. The van der Waals surface area contributed by atoms with Crippen molar-refractivity contribution in [1.82, 2.24) is 4.98 Å². The molecule has 0 aliphatic heterocycles. The molecule has 0 saturated heterocycles. The van der Waals surface area contributed by atoms with Crippen LogP contribution < -0.4 is 10.6 Å². The van der Waals surface area contributed by atoms with E-state index in [2.05, 4.69) is 9.98 Å². The number of anilines is 1. The molecule has 4 nitrogen and oxygen atoms in total. The van der Waals surface area contributed by atoms with Crippen LogP contribution in [0.3, 0.4) is 0 Å². The van der Waals surface area contributed by atoms with Gasteiger partial charge in [-0.3, -0.25) is 9.98 Å². The summed E-state index contributed by atoms with van der Waals surface area (Å²) < 4.78 is 0. The lowest BCUT2D eigenvalue weighted by atomic mass is 10.2. The van der Waals surface area contributed by atoms with Crippen LogP contribution in [-0.2, 0) is 0 Å². The number of nitrogens with two attached hydrogens (primary N) is 1. The molecule has 0 saturated carbocycles. The first-order chi connectivity index (χ1) is 8.77. The van der Waals surface area contributed by atoms with Gasteiger partial charge in [0.1, 0.15) is 0 Å². The van der Waals surface area contributed by atoms with Gasteiger partial charge in [0.2, 0.25) is 0 Å². The molecule has 0 amide bonds. The van der Waals surface area contributed by atoms with Crippen LogP contribution in [0.15, 0.2) is 41.5 Å². The molecule has 0 aliphatic carbocycles. The van der Waals surface area contributed by atoms with Crippen molar-refractivity contribution >= 4 is 34.2 Å². The molecule has 0 bridgehead atoms. The number of pyridine rings is 1. The van der Waals surface area contributed by atoms with Crippen molar-refractivity contribution in [2.45, 2.75) is 0 Å². The maximum Gasteiger partial charge on any atom is 0.195 e. The molecule has 2 N–H and O–H groups in total. The van der Waals surface area contributed by atoms with Gasteiger partial charge >= 0.3 is 0 Å². The molecule has 0 spiro atoms. The van der Waals surface area contributed by atoms with Gasteiger partial charge < -0.3 is 10.6 Å². The number of fused-ring (bicyclic) bond motifs is 1. The quantitative estimate of drug-likeness (QED) is 0.524. The summed E-state index contributed by atoms with van der Waals surface area (Å²) in [5.41, 5.74) is 7.74. The number of guanidine groups is 1. The Morgan fingerprint density at radius 2 is 2.17 bits per heavy atom. The molecule has 94 valence electrons. The SMILES string of the molecule is CN=C(N)N(CCCl)c1cccc2cccnc12. The fraction of sp³-hybridized carbons (Fsp3) is 0.231. The number of aromatic nitrogens is 1. The molecule has 0 fully saturated rings. The van der Waals surface area contributed by atoms with Gasteiger partial charge in [-0.15, -0.1) is 11.6 Å². The Balaban J connectivity index is 2.57. The first-order valence-electron chi connectivity index (χ1n) is 5.67. The van der Waals surface area contributed by atoms with Gasteiger partial charge in [0.05, 0.1) is 11.2 Å². The number of nitrogens with zero attached hydrogens (tertiary/aromatic N) is 3. The van der Waals surface area contributed by atoms with Crippen molar-refractivity contribution in [1.29, 1.82) is 0 Å². The summed E-state index contributed by atoms with van der Waals surface area (Å²) in [6.07, 6.45) is 1.77. The molecular weight excluding hydrogens is 248 g/mol. The minimum Gasteiger partial charge on any atom is -0.370 e. The van der Waals surface area contributed by atoms with Gasteiger partial charge in [-0.1, -0.05) is 18.2 Å². The minimum atomic E-state index is 0.439. The monoisotopic (exact) mass is 262 g/mol. The number of halogens is 1. The Bertz CT molecular complexity index is 562. The van der Waals surface area contributed by atoms with E-state index in [0.29, 0.717) is 18.4 Å². The molecule has 0 radical (unpaired) electrons. The number of alkyl halides is 1. The number of aliphatic imine (C=N–C) groups is 1. The van der Waals surface area contributed by atoms with E-state index in [4.69, 9.17) is 17.3 Å². The third kappa shape index (κ3) is 2.38. The summed E-state index contributed by atoms with van der Waals surface area (Å²) in [7, 11) is 1.66. The Morgan fingerprint density at radius 3 is 2.89 bits per heavy atom. The van der Waals surface area contributed by atoms with Crippen LogP contribution in [0.1, 0.15) is 0 Å². The van der Waals surface area contributed by atoms with Crippen LogP contribution in [0, 0.1) is 0 Å². The summed E-state index contributed by atoms with van der Waals surface area (Å²) in [4.78, 5) is 10.3. The summed E-state index contributed by atoms with van der Waals surface area (Å²) in [6, 6.07) is 9.90. The Hall–Kier alpha value is -1.81. The molecule has 1 aromatic heterocycles. The number of rotatable bonds is 3. The Morgan fingerprint density at radius 1 is 1.39 bits per heavy atom. The zero-order chi connectivity index (χ0) is 13.0. The number of hydrogen-bond acceptors (Lipinski definition) is 2. The van der Waals surface area contributed by atoms with E-state index in [1.54, 1.807) is 13.2 Å². The zero-order valence-corrected chi connectivity index (χ0v) is 10.9. The average molecular weight is 263 g/mol. The van der Waals surface area contributed by atoms with Crippen molar-refractivity contribution < 1.29 is 0 Å². The molecule has 1 heterocycles. The normalized spacial score (nSPS) is 11.8. The van der Waals surface area contributed by atoms with Gasteiger partial charge in [-0.25, -0.2) is 0 Å². The highest BCUT2D eigenvalue weighted by atomic mass is 35.5. The van der Waals surface area contributed by atoms with E-state index in [1.807, 2.05) is 35.2 Å². The van der Waals surface area contributed by atoms with Gasteiger partial charge in [0, 0.05) is 31.1 Å². The molecule has 18 heavy (non-hydrogen) atoms.